The zero-order chi connectivity index (χ0) is 28.3. The van der Waals surface area contributed by atoms with Crippen molar-refractivity contribution in [3.63, 3.8) is 0 Å². The lowest BCUT2D eigenvalue weighted by Gasteiger charge is -2.39. The Bertz CT molecular complexity index is 1340. The molecule has 1 saturated carbocycles. The highest BCUT2D eigenvalue weighted by molar-refractivity contribution is 5.58. The Morgan fingerprint density at radius 2 is 1.62 bits per heavy atom. The summed E-state index contributed by atoms with van der Waals surface area (Å²) in [5.74, 6) is -0.944. The minimum absolute atomic E-state index is 0.0964. The van der Waals surface area contributed by atoms with Crippen LogP contribution < -0.4 is 15.0 Å². The zero-order valence-corrected chi connectivity index (χ0v) is 20.1. The highest BCUT2D eigenvalue weighted by Gasteiger charge is 2.44. The Morgan fingerprint density at radius 3 is 2.21 bits per heavy atom. The normalized spacial score (nSPS) is 22.8. The first-order chi connectivity index (χ1) is 18.1. The van der Waals surface area contributed by atoms with Crippen molar-refractivity contribution in [1.82, 2.24) is 19.6 Å². The van der Waals surface area contributed by atoms with Gasteiger partial charge in [-0.3, -0.25) is 4.98 Å². The fourth-order valence-corrected chi connectivity index (χ4v) is 5.15. The summed E-state index contributed by atoms with van der Waals surface area (Å²) in [6.45, 7) is 1.46. The van der Waals surface area contributed by atoms with Crippen molar-refractivity contribution in [2.24, 2.45) is 11.8 Å². The lowest BCUT2D eigenvalue weighted by atomic mass is 9.92. The quantitative estimate of drug-likeness (QED) is 0.392. The molecule has 212 valence electrons. The summed E-state index contributed by atoms with van der Waals surface area (Å²) < 4.78 is 124. The van der Waals surface area contributed by atoms with Crippen molar-refractivity contribution in [3.05, 3.63) is 41.9 Å². The summed E-state index contributed by atoms with van der Waals surface area (Å²) in [5, 5.41) is 6.90. The molecule has 16 heteroatoms. The van der Waals surface area contributed by atoms with Gasteiger partial charge in [-0.1, -0.05) is 0 Å². The molecule has 4 heterocycles. The Hall–Kier alpha value is -3.46. The molecule has 3 aromatic heterocycles. The van der Waals surface area contributed by atoms with E-state index in [0.717, 1.165) is 25.3 Å². The van der Waals surface area contributed by atoms with Crippen molar-refractivity contribution >= 4 is 17.3 Å². The Labute approximate surface area is 215 Å². The largest absolute Gasteiger partial charge is 0.477 e. The second kappa shape index (κ2) is 9.33. The number of hydrogen-bond donors (Lipinski definition) is 1. The van der Waals surface area contributed by atoms with Crippen LogP contribution in [0.4, 0.5) is 51.1 Å². The first-order valence-electron chi connectivity index (χ1n) is 11.9. The van der Waals surface area contributed by atoms with E-state index in [1.165, 1.54) is 6.07 Å². The van der Waals surface area contributed by atoms with Gasteiger partial charge in [0.15, 0.2) is 17.5 Å². The summed E-state index contributed by atoms with van der Waals surface area (Å²) in [7, 11) is 0. The lowest BCUT2D eigenvalue weighted by Crippen LogP contribution is -2.48. The van der Waals surface area contributed by atoms with Gasteiger partial charge in [0.05, 0.1) is 0 Å². The molecule has 0 radical (unpaired) electrons. The number of pyridine rings is 2. The summed E-state index contributed by atoms with van der Waals surface area (Å²) >= 11 is 0. The van der Waals surface area contributed by atoms with Gasteiger partial charge in [-0.15, -0.1) is 5.10 Å². The maximum absolute atomic E-state index is 13.6. The Morgan fingerprint density at radius 1 is 0.949 bits per heavy atom. The molecular weight excluding hydrogens is 547 g/mol. The molecule has 2 bridgehead atoms. The van der Waals surface area contributed by atoms with Gasteiger partial charge in [0.2, 0.25) is 5.95 Å². The third-order valence-electron chi connectivity index (χ3n) is 7.03. The van der Waals surface area contributed by atoms with Crippen LogP contribution in [0.15, 0.2) is 30.5 Å². The summed E-state index contributed by atoms with van der Waals surface area (Å²) in [6.07, 6.45) is -14.0. The number of ether oxygens (including phenoxy) is 1. The Kier molecular flexibility index (Phi) is 6.49. The number of aromatic nitrogens is 4. The lowest BCUT2D eigenvalue weighted by molar-refractivity contribution is -0.189. The average molecular weight is 568 g/mol. The van der Waals surface area contributed by atoms with Gasteiger partial charge < -0.3 is 15.0 Å². The number of fused-ring (bicyclic) bond motifs is 3. The second-order valence-electron chi connectivity index (χ2n) is 9.62. The van der Waals surface area contributed by atoms with E-state index in [9.17, 15) is 39.5 Å². The summed E-state index contributed by atoms with van der Waals surface area (Å²) in [6, 6.07) is 3.48. The standard InChI is InChI=1S/C23H21F9N6O/c1-11(21(24,25)26)39-15-4-5-17(23(30,31)32)38-19(15)35-20(36-38)34-18-12-2-3-13(18)10-37(9-12)14-6-7-33-16(8-14)22(27,28)29/h4-8,11-13,18H,2-3,9-10H2,1H3,(H,34,36)/t11?,12-,13+,18?. The third-order valence-corrected chi connectivity index (χ3v) is 7.03. The van der Waals surface area contributed by atoms with Gasteiger partial charge in [-0.05, 0) is 55.9 Å². The van der Waals surface area contributed by atoms with Gasteiger partial charge in [0.25, 0.3) is 0 Å². The zero-order valence-electron chi connectivity index (χ0n) is 20.1. The van der Waals surface area contributed by atoms with Crippen LogP contribution in [-0.2, 0) is 12.4 Å². The van der Waals surface area contributed by atoms with Crippen molar-refractivity contribution < 1.29 is 44.3 Å². The van der Waals surface area contributed by atoms with E-state index in [1.54, 1.807) is 4.90 Å². The van der Waals surface area contributed by atoms with Gasteiger partial charge in [-0.25, -0.2) is 4.52 Å². The van der Waals surface area contributed by atoms with Gasteiger partial charge >= 0.3 is 18.5 Å². The highest BCUT2D eigenvalue weighted by atomic mass is 19.4. The van der Waals surface area contributed by atoms with Crippen LogP contribution in [0.1, 0.15) is 31.2 Å². The molecule has 5 rings (SSSR count). The fraction of sp³-hybridized carbons (Fsp3) is 0.522. The maximum Gasteiger partial charge on any atom is 0.433 e. The first-order valence-corrected chi connectivity index (χ1v) is 11.9. The Balaban J connectivity index is 1.40. The van der Waals surface area contributed by atoms with Crippen molar-refractivity contribution in [1.29, 1.82) is 0 Å². The molecule has 3 aromatic rings. The molecule has 0 spiro atoms. The monoisotopic (exact) mass is 568 g/mol. The van der Waals surface area contributed by atoms with E-state index >= 15 is 0 Å². The van der Waals surface area contributed by atoms with E-state index in [1.807, 2.05) is 0 Å². The van der Waals surface area contributed by atoms with Crippen LogP contribution in [0, 0.1) is 11.8 Å². The van der Waals surface area contributed by atoms with Crippen molar-refractivity contribution in [3.8, 4) is 5.75 Å². The second-order valence-corrected chi connectivity index (χ2v) is 9.62. The molecule has 1 N–H and O–H groups in total. The molecule has 2 aliphatic rings. The smallest absolute Gasteiger partial charge is 0.433 e. The summed E-state index contributed by atoms with van der Waals surface area (Å²) in [5.41, 5.74) is -2.44. The van der Waals surface area contributed by atoms with E-state index in [0.29, 0.717) is 42.2 Å². The number of alkyl halides is 9. The molecule has 1 saturated heterocycles. The van der Waals surface area contributed by atoms with Crippen LogP contribution in [-0.4, -0.2) is 51.0 Å². The van der Waals surface area contributed by atoms with E-state index in [4.69, 9.17) is 4.74 Å². The van der Waals surface area contributed by atoms with E-state index in [-0.39, 0.29) is 23.8 Å². The predicted octanol–water partition coefficient (Wildman–Crippen LogP) is 5.82. The van der Waals surface area contributed by atoms with Crippen molar-refractivity contribution in [2.75, 3.05) is 23.3 Å². The molecular formula is C23H21F9N6O. The van der Waals surface area contributed by atoms with E-state index < -0.39 is 47.4 Å². The minimum atomic E-state index is -4.87. The number of nitrogens with one attached hydrogen (secondary N) is 1. The number of anilines is 2. The number of piperidine rings is 1. The molecule has 0 amide bonds. The number of nitrogens with zero attached hydrogens (tertiary/aromatic N) is 5. The number of hydrogen-bond acceptors (Lipinski definition) is 6. The van der Waals surface area contributed by atoms with Crippen LogP contribution in [0.2, 0.25) is 0 Å². The van der Waals surface area contributed by atoms with Crippen LogP contribution in [0.3, 0.4) is 0 Å². The topological polar surface area (TPSA) is 67.6 Å². The SMILES string of the molecule is CC(Oc1ccc(C(F)(F)F)n2nc(NC3[C@@H]4CC[C@H]3CN(c3ccnc(C(F)(F)F)c3)C4)nc12)C(F)(F)F. The van der Waals surface area contributed by atoms with Gasteiger partial charge in [0, 0.05) is 31.0 Å². The predicted molar refractivity (Wildman–Crippen MR) is 119 cm³/mol. The molecule has 1 aliphatic heterocycles. The molecule has 2 unspecified atom stereocenters. The van der Waals surface area contributed by atoms with Gasteiger partial charge in [0.1, 0.15) is 11.4 Å². The maximum atomic E-state index is 13.6. The molecule has 39 heavy (non-hydrogen) atoms. The average Bonchev–Trinajstić information content (AvgIpc) is 3.34. The highest BCUT2D eigenvalue weighted by Crippen LogP contribution is 2.41. The first kappa shape index (κ1) is 27.1. The number of rotatable bonds is 5. The molecule has 7 nitrogen and oxygen atoms in total. The molecule has 2 fully saturated rings. The van der Waals surface area contributed by atoms with Crippen LogP contribution in [0.5, 0.6) is 5.75 Å². The number of halogens is 9. The van der Waals surface area contributed by atoms with Crippen LogP contribution >= 0.6 is 0 Å². The third kappa shape index (κ3) is 5.37. The fourth-order valence-electron chi connectivity index (χ4n) is 5.15. The molecule has 1 aliphatic carbocycles. The van der Waals surface area contributed by atoms with Gasteiger partial charge in [-0.2, -0.15) is 44.5 Å². The van der Waals surface area contributed by atoms with E-state index in [2.05, 4.69) is 20.4 Å². The van der Waals surface area contributed by atoms with Crippen LogP contribution in [0.25, 0.3) is 5.65 Å². The minimum Gasteiger partial charge on any atom is -0.477 e. The molecule has 0 aromatic carbocycles. The van der Waals surface area contributed by atoms with Crippen molar-refractivity contribution in [2.45, 2.75) is 50.4 Å². The molecule has 4 atom stereocenters. The summed E-state index contributed by atoms with van der Waals surface area (Å²) in [4.78, 5) is 9.21.